The van der Waals surface area contributed by atoms with Crippen LogP contribution in [0.15, 0.2) is 47.9 Å². The summed E-state index contributed by atoms with van der Waals surface area (Å²) in [6.07, 6.45) is 3.12. The number of thiophene rings is 1. The van der Waals surface area contributed by atoms with E-state index in [4.69, 9.17) is 12.2 Å². The lowest BCUT2D eigenvalue weighted by Crippen LogP contribution is -2.33. The number of amides is 2. The maximum absolute atomic E-state index is 11.8. The predicted octanol–water partition coefficient (Wildman–Crippen LogP) is 2.63. The molecular formula is C16H15N3O2S2. The molecule has 0 spiro atoms. The van der Waals surface area contributed by atoms with Crippen LogP contribution in [0.25, 0.3) is 6.08 Å². The van der Waals surface area contributed by atoms with Gasteiger partial charge in [0.2, 0.25) is 5.91 Å². The third-order valence-corrected chi connectivity index (χ3v) is 3.87. The van der Waals surface area contributed by atoms with E-state index in [1.165, 1.54) is 17.4 Å². The van der Waals surface area contributed by atoms with E-state index in [0.29, 0.717) is 11.3 Å². The van der Waals surface area contributed by atoms with Gasteiger partial charge >= 0.3 is 0 Å². The van der Waals surface area contributed by atoms with Crippen LogP contribution in [0, 0.1) is 0 Å². The molecule has 2 amide bonds. The maximum atomic E-state index is 11.8. The molecule has 3 N–H and O–H groups in total. The Kier molecular flexibility index (Phi) is 6.02. The Morgan fingerprint density at radius 2 is 1.96 bits per heavy atom. The zero-order valence-electron chi connectivity index (χ0n) is 12.3. The van der Waals surface area contributed by atoms with Gasteiger partial charge < -0.3 is 10.6 Å². The average molecular weight is 345 g/mol. The molecule has 2 rings (SSSR count). The second-order valence-electron chi connectivity index (χ2n) is 4.42. The largest absolute Gasteiger partial charge is 0.355 e. The molecule has 1 aromatic heterocycles. The highest BCUT2D eigenvalue weighted by Gasteiger charge is 2.10. The van der Waals surface area contributed by atoms with Gasteiger partial charge in [0.15, 0.2) is 5.11 Å². The lowest BCUT2D eigenvalue weighted by Gasteiger charge is -2.11. The van der Waals surface area contributed by atoms with Crippen LogP contribution in [-0.4, -0.2) is 24.0 Å². The molecule has 5 nitrogen and oxygen atoms in total. The van der Waals surface area contributed by atoms with Gasteiger partial charge in [-0.1, -0.05) is 18.2 Å². The SMILES string of the molecule is CNC(=O)c1ccccc1NC(=S)NC(=O)C=Cc1cccs1. The summed E-state index contributed by atoms with van der Waals surface area (Å²) in [6.45, 7) is 0. The van der Waals surface area contributed by atoms with Crippen LogP contribution in [0.1, 0.15) is 15.2 Å². The fourth-order valence-corrected chi connectivity index (χ4v) is 2.60. The summed E-state index contributed by atoms with van der Waals surface area (Å²) in [5.41, 5.74) is 0.972. The number of nitrogens with one attached hydrogen (secondary N) is 3. The molecule has 0 saturated heterocycles. The van der Waals surface area contributed by atoms with Gasteiger partial charge in [-0.2, -0.15) is 0 Å². The average Bonchev–Trinajstić information content (AvgIpc) is 3.06. The number of thiocarbonyl (C=S) groups is 1. The third kappa shape index (κ3) is 5.01. The van der Waals surface area contributed by atoms with Crippen LogP contribution in [0.4, 0.5) is 5.69 Å². The Morgan fingerprint density at radius 1 is 1.17 bits per heavy atom. The minimum atomic E-state index is -0.340. The molecule has 0 fully saturated rings. The molecule has 0 aliphatic rings. The summed E-state index contributed by atoms with van der Waals surface area (Å²) in [5.74, 6) is -0.576. The van der Waals surface area contributed by atoms with Gasteiger partial charge in [-0.05, 0) is 41.9 Å². The van der Waals surface area contributed by atoms with Gasteiger partial charge in [-0.15, -0.1) is 11.3 Å². The smallest absolute Gasteiger partial charge is 0.253 e. The van der Waals surface area contributed by atoms with Crippen LogP contribution in [0.5, 0.6) is 0 Å². The summed E-state index contributed by atoms with van der Waals surface area (Å²) in [5, 5.41) is 10.0. The molecule has 23 heavy (non-hydrogen) atoms. The number of anilines is 1. The summed E-state index contributed by atoms with van der Waals surface area (Å²) >= 11 is 6.64. The Morgan fingerprint density at radius 3 is 2.65 bits per heavy atom. The standard InChI is InChI=1S/C16H15N3O2S2/c1-17-15(21)12-6-2-3-7-13(12)18-16(22)19-14(20)9-8-11-5-4-10-23-11/h2-10H,1H3,(H,17,21)(H2,18,19,20,22). The van der Waals surface area contributed by atoms with Crippen LogP contribution in [0.3, 0.4) is 0 Å². The van der Waals surface area contributed by atoms with Crippen LogP contribution in [-0.2, 0) is 4.79 Å². The first-order valence-corrected chi connectivity index (χ1v) is 8.03. The zero-order valence-corrected chi connectivity index (χ0v) is 14.0. The second kappa shape index (κ2) is 8.21. The fourth-order valence-electron chi connectivity index (χ4n) is 1.78. The molecule has 2 aromatic rings. The van der Waals surface area contributed by atoms with Crippen molar-refractivity contribution >= 4 is 52.2 Å². The predicted molar refractivity (Wildman–Crippen MR) is 97.5 cm³/mol. The van der Waals surface area contributed by atoms with E-state index in [-0.39, 0.29) is 16.9 Å². The van der Waals surface area contributed by atoms with Crippen LogP contribution < -0.4 is 16.0 Å². The minimum absolute atomic E-state index is 0.127. The van der Waals surface area contributed by atoms with Crippen molar-refractivity contribution in [3.8, 4) is 0 Å². The Balaban J connectivity index is 1.97. The van der Waals surface area contributed by atoms with Crippen molar-refractivity contribution in [2.24, 2.45) is 0 Å². The van der Waals surface area contributed by atoms with Crippen molar-refractivity contribution in [2.45, 2.75) is 0 Å². The minimum Gasteiger partial charge on any atom is -0.355 e. The Bertz CT molecular complexity index is 740. The van der Waals surface area contributed by atoms with Crippen molar-refractivity contribution in [3.63, 3.8) is 0 Å². The number of hydrogen-bond donors (Lipinski definition) is 3. The highest BCUT2D eigenvalue weighted by atomic mass is 32.1. The first kappa shape index (κ1) is 16.9. The van der Waals surface area contributed by atoms with Crippen LogP contribution in [0.2, 0.25) is 0 Å². The highest BCUT2D eigenvalue weighted by molar-refractivity contribution is 7.80. The molecule has 0 radical (unpaired) electrons. The summed E-state index contributed by atoms with van der Waals surface area (Å²) in [4.78, 5) is 24.6. The van der Waals surface area contributed by atoms with E-state index in [9.17, 15) is 9.59 Å². The normalized spacial score (nSPS) is 10.3. The lowest BCUT2D eigenvalue weighted by molar-refractivity contribution is -0.115. The zero-order chi connectivity index (χ0) is 16.7. The molecule has 0 saturated carbocycles. The molecule has 0 unspecified atom stereocenters. The number of carbonyl (C=O) groups is 2. The molecule has 1 aromatic carbocycles. The molecule has 0 atom stereocenters. The highest BCUT2D eigenvalue weighted by Crippen LogP contribution is 2.14. The van der Waals surface area contributed by atoms with E-state index in [2.05, 4.69) is 16.0 Å². The van der Waals surface area contributed by atoms with E-state index in [0.717, 1.165) is 4.88 Å². The summed E-state index contributed by atoms with van der Waals surface area (Å²) in [7, 11) is 1.55. The molecule has 0 bridgehead atoms. The van der Waals surface area contributed by atoms with E-state index < -0.39 is 0 Å². The van der Waals surface area contributed by atoms with Crippen molar-refractivity contribution in [2.75, 3.05) is 12.4 Å². The van der Waals surface area contributed by atoms with Gasteiger partial charge in [0.05, 0.1) is 11.3 Å². The summed E-state index contributed by atoms with van der Waals surface area (Å²) < 4.78 is 0. The first-order chi connectivity index (χ1) is 11.1. The van der Waals surface area contributed by atoms with Crippen molar-refractivity contribution < 1.29 is 9.59 Å². The number of para-hydroxylation sites is 1. The van der Waals surface area contributed by atoms with E-state index in [1.807, 2.05) is 17.5 Å². The van der Waals surface area contributed by atoms with Crippen molar-refractivity contribution in [1.29, 1.82) is 0 Å². The fraction of sp³-hybridized carbons (Fsp3) is 0.0625. The molecule has 7 heteroatoms. The van der Waals surface area contributed by atoms with Crippen LogP contribution >= 0.6 is 23.6 Å². The monoisotopic (exact) mass is 345 g/mol. The molecular weight excluding hydrogens is 330 g/mol. The number of hydrogen-bond acceptors (Lipinski definition) is 4. The molecule has 0 aliphatic carbocycles. The van der Waals surface area contributed by atoms with E-state index in [1.54, 1.807) is 37.4 Å². The third-order valence-electron chi connectivity index (χ3n) is 2.83. The second-order valence-corrected chi connectivity index (χ2v) is 5.80. The Hall–Kier alpha value is -2.51. The topological polar surface area (TPSA) is 70.2 Å². The van der Waals surface area contributed by atoms with Gasteiger partial charge in [-0.25, -0.2) is 0 Å². The van der Waals surface area contributed by atoms with Gasteiger partial charge in [0.25, 0.3) is 5.91 Å². The Labute approximate surface area is 143 Å². The number of benzene rings is 1. The quantitative estimate of drug-likeness (QED) is 0.588. The van der Waals surface area contributed by atoms with Crippen molar-refractivity contribution in [3.05, 3.63) is 58.3 Å². The van der Waals surface area contributed by atoms with Crippen molar-refractivity contribution in [1.82, 2.24) is 10.6 Å². The molecule has 118 valence electrons. The van der Waals surface area contributed by atoms with Gasteiger partial charge in [0, 0.05) is 18.0 Å². The molecule has 0 aliphatic heterocycles. The maximum Gasteiger partial charge on any atom is 0.253 e. The molecule has 1 heterocycles. The van der Waals surface area contributed by atoms with E-state index >= 15 is 0 Å². The van der Waals surface area contributed by atoms with Gasteiger partial charge in [-0.3, -0.25) is 14.9 Å². The lowest BCUT2D eigenvalue weighted by atomic mass is 10.1. The number of rotatable bonds is 4. The van der Waals surface area contributed by atoms with Gasteiger partial charge in [0.1, 0.15) is 0 Å². The number of carbonyl (C=O) groups excluding carboxylic acids is 2. The first-order valence-electron chi connectivity index (χ1n) is 6.75. The summed E-state index contributed by atoms with van der Waals surface area (Å²) in [6, 6.07) is 10.7.